The molecule has 1 unspecified atom stereocenters. The van der Waals surface area contributed by atoms with Crippen molar-refractivity contribution >= 4 is 11.6 Å². The molecule has 0 aromatic carbocycles. The van der Waals surface area contributed by atoms with Crippen LogP contribution in [0.25, 0.3) is 0 Å². The molecule has 0 aliphatic rings. The summed E-state index contributed by atoms with van der Waals surface area (Å²) >= 11 is 0. The van der Waals surface area contributed by atoms with E-state index in [1.54, 1.807) is 23.2 Å². The highest BCUT2D eigenvalue weighted by Crippen LogP contribution is 2.11. The summed E-state index contributed by atoms with van der Waals surface area (Å²) in [6.45, 7) is 7.13. The zero-order valence-corrected chi connectivity index (χ0v) is 11.1. The zero-order chi connectivity index (χ0) is 13.5. The first kappa shape index (κ1) is 14.0. The molecule has 1 aromatic heterocycles. The molecule has 0 aliphatic carbocycles. The van der Waals surface area contributed by atoms with Crippen LogP contribution < -0.4 is 5.32 Å². The molecule has 0 saturated heterocycles. The van der Waals surface area contributed by atoms with E-state index in [0.29, 0.717) is 18.8 Å². The molecule has 0 radical (unpaired) electrons. The van der Waals surface area contributed by atoms with Crippen LogP contribution in [0.1, 0.15) is 31.3 Å². The first-order valence-corrected chi connectivity index (χ1v) is 6.10. The van der Waals surface area contributed by atoms with Crippen molar-refractivity contribution in [1.29, 1.82) is 0 Å². The van der Waals surface area contributed by atoms with Gasteiger partial charge in [-0.1, -0.05) is 5.92 Å². The maximum absolute atomic E-state index is 12.1. The molecular weight excluding hydrogens is 226 g/mol. The van der Waals surface area contributed by atoms with Gasteiger partial charge in [0.25, 0.3) is 5.91 Å². The van der Waals surface area contributed by atoms with Crippen LogP contribution >= 0.6 is 0 Å². The van der Waals surface area contributed by atoms with E-state index in [1.807, 2.05) is 20.8 Å². The number of aromatic nitrogens is 1. The van der Waals surface area contributed by atoms with Gasteiger partial charge in [-0.05, 0) is 32.9 Å². The summed E-state index contributed by atoms with van der Waals surface area (Å²) < 4.78 is 0. The Morgan fingerprint density at radius 3 is 2.78 bits per heavy atom. The molecule has 1 N–H and O–H groups in total. The number of amides is 1. The third-order valence-corrected chi connectivity index (χ3v) is 2.66. The number of terminal acetylenes is 1. The van der Waals surface area contributed by atoms with Gasteiger partial charge in [0.15, 0.2) is 0 Å². The summed E-state index contributed by atoms with van der Waals surface area (Å²) in [5.41, 5.74) is 1.25. The molecule has 4 heteroatoms. The van der Waals surface area contributed by atoms with Crippen molar-refractivity contribution < 1.29 is 4.79 Å². The second-order valence-corrected chi connectivity index (χ2v) is 3.94. The molecular formula is C14H19N3O. The average Bonchev–Trinajstić information content (AvgIpc) is 2.40. The number of nitrogens with one attached hydrogen (secondary N) is 1. The van der Waals surface area contributed by atoms with Crippen LogP contribution in [0.3, 0.4) is 0 Å². The first-order valence-electron chi connectivity index (χ1n) is 6.10. The van der Waals surface area contributed by atoms with Gasteiger partial charge in [0, 0.05) is 25.0 Å². The van der Waals surface area contributed by atoms with Crippen LogP contribution in [0.4, 0.5) is 5.69 Å². The Bertz CT molecular complexity index is 447. The summed E-state index contributed by atoms with van der Waals surface area (Å²) in [5.74, 6) is 2.52. The molecule has 18 heavy (non-hydrogen) atoms. The fourth-order valence-corrected chi connectivity index (χ4v) is 1.60. The van der Waals surface area contributed by atoms with Crippen LogP contribution in [-0.2, 0) is 0 Å². The van der Waals surface area contributed by atoms with Crippen molar-refractivity contribution in [3.63, 3.8) is 0 Å². The molecule has 1 aromatic rings. The minimum atomic E-state index is -0.0798. The first-order chi connectivity index (χ1) is 8.62. The van der Waals surface area contributed by atoms with Gasteiger partial charge in [0.2, 0.25) is 0 Å². The Kier molecular flexibility index (Phi) is 5.19. The standard InChI is InChI=1S/C14H19N3O/c1-5-11(4)16-12-8-9-15-13(10-12)14(18)17(6-2)7-3/h1,8-11H,6-7H2,2-4H3,(H,15,16). The fraction of sp³-hybridized carbons (Fsp3) is 0.429. The van der Waals surface area contributed by atoms with E-state index in [-0.39, 0.29) is 11.9 Å². The number of hydrogen-bond acceptors (Lipinski definition) is 3. The molecule has 0 saturated carbocycles. The van der Waals surface area contributed by atoms with E-state index in [1.165, 1.54) is 0 Å². The number of pyridine rings is 1. The number of nitrogens with zero attached hydrogens (tertiary/aromatic N) is 2. The quantitative estimate of drug-likeness (QED) is 0.807. The van der Waals surface area contributed by atoms with Gasteiger partial charge in [-0.2, -0.15) is 0 Å². The second kappa shape index (κ2) is 6.65. The Morgan fingerprint density at radius 2 is 2.22 bits per heavy atom. The minimum absolute atomic E-state index is 0.0583. The maximum atomic E-state index is 12.1. The lowest BCUT2D eigenvalue weighted by Crippen LogP contribution is -2.31. The van der Waals surface area contributed by atoms with Crippen molar-refractivity contribution in [2.45, 2.75) is 26.8 Å². The Balaban J connectivity index is 2.88. The molecule has 0 spiro atoms. The highest BCUT2D eigenvalue weighted by molar-refractivity contribution is 5.93. The van der Waals surface area contributed by atoms with E-state index in [0.717, 1.165) is 5.69 Å². The van der Waals surface area contributed by atoms with Crippen molar-refractivity contribution in [2.75, 3.05) is 18.4 Å². The van der Waals surface area contributed by atoms with Crippen molar-refractivity contribution in [1.82, 2.24) is 9.88 Å². The lowest BCUT2D eigenvalue weighted by Gasteiger charge is -2.18. The van der Waals surface area contributed by atoms with Crippen molar-refractivity contribution in [2.24, 2.45) is 0 Å². The predicted octanol–water partition coefficient (Wildman–Crippen LogP) is 2.00. The molecule has 0 fully saturated rings. The summed E-state index contributed by atoms with van der Waals surface area (Å²) in [6.07, 6.45) is 6.92. The highest BCUT2D eigenvalue weighted by atomic mass is 16.2. The number of hydrogen-bond donors (Lipinski definition) is 1. The van der Waals surface area contributed by atoms with E-state index in [9.17, 15) is 4.79 Å². The van der Waals surface area contributed by atoms with Gasteiger partial charge in [-0.25, -0.2) is 0 Å². The van der Waals surface area contributed by atoms with Gasteiger partial charge in [0.1, 0.15) is 5.69 Å². The van der Waals surface area contributed by atoms with Gasteiger partial charge in [0.05, 0.1) is 6.04 Å². The molecule has 0 aliphatic heterocycles. The van der Waals surface area contributed by atoms with Gasteiger partial charge < -0.3 is 10.2 Å². The van der Waals surface area contributed by atoms with Gasteiger partial charge >= 0.3 is 0 Å². The molecule has 1 atom stereocenters. The SMILES string of the molecule is C#CC(C)Nc1ccnc(C(=O)N(CC)CC)c1. The smallest absolute Gasteiger partial charge is 0.272 e. The number of carbonyl (C=O) groups is 1. The molecule has 1 amide bonds. The lowest BCUT2D eigenvalue weighted by molar-refractivity contribution is 0.0767. The average molecular weight is 245 g/mol. The van der Waals surface area contributed by atoms with Crippen LogP contribution in [-0.4, -0.2) is 34.9 Å². The summed E-state index contributed by atoms with van der Waals surface area (Å²) in [4.78, 5) is 17.9. The van der Waals surface area contributed by atoms with E-state index in [2.05, 4.69) is 16.2 Å². The van der Waals surface area contributed by atoms with Gasteiger partial charge in [-0.15, -0.1) is 6.42 Å². The molecule has 96 valence electrons. The molecule has 1 heterocycles. The minimum Gasteiger partial charge on any atom is -0.372 e. The van der Waals surface area contributed by atoms with Crippen molar-refractivity contribution in [3.05, 3.63) is 24.0 Å². The topological polar surface area (TPSA) is 45.2 Å². The van der Waals surface area contributed by atoms with Crippen LogP contribution in [0.5, 0.6) is 0 Å². The molecule has 4 nitrogen and oxygen atoms in total. The van der Waals surface area contributed by atoms with Crippen LogP contribution in [0.2, 0.25) is 0 Å². The molecule has 0 bridgehead atoms. The Labute approximate surface area is 108 Å². The summed E-state index contributed by atoms with van der Waals surface area (Å²) in [7, 11) is 0. The Morgan fingerprint density at radius 1 is 1.56 bits per heavy atom. The third-order valence-electron chi connectivity index (χ3n) is 2.66. The number of anilines is 1. The summed E-state index contributed by atoms with van der Waals surface area (Å²) in [5, 5.41) is 3.11. The second-order valence-electron chi connectivity index (χ2n) is 3.94. The molecule has 1 rings (SSSR count). The predicted molar refractivity (Wildman–Crippen MR) is 73.4 cm³/mol. The number of rotatable bonds is 5. The van der Waals surface area contributed by atoms with Crippen LogP contribution in [0.15, 0.2) is 18.3 Å². The van der Waals surface area contributed by atoms with Gasteiger partial charge in [-0.3, -0.25) is 9.78 Å². The largest absolute Gasteiger partial charge is 0.372 e. The highest BCUT2D eigenvalue weighted by Gasteiger charge is 2.14. The van der Waals surface area contributed by atoms with Crippen LogP contribution in [0, 0.1) is 12.3 Å². The lowest BCUT2D eigenvalue weighted by atomic mass is 10.2. The fourth-order valence-electron chi connectivity index (χ4n) is 1.60. The van der Waals surface area contributed by atoms with E-state index >= 15 is 0 Å². The maximum Gasteiger partial charge on any atom is 0.272 e. The monoisotopic (exact) mass is 245 g/mol. The zero-order valence-electron chi connectivity index (χ0n) is 11.1. The summed E-state index contributed by atoms with van der Waals surface area (Å²) in [6, 6.07) is 3.45. The van der Waals surface area contributed by atoms with Crippen molar-refractivity contribution in [3.8, 4) is 12.3 Å². The van der Waals surface area contributed by atoms with E-state index in [4.69, 9.17) is 6.42 Å². The number of carbonyl (C=O) groups excluding carboxylic acids is 1. The van der Waals surface area contributed by atoms with E-state index < -0.39 is 0 Å². The normalized spacial score (nSPS) is 11.4. The third kappa shape index (κ3) is 3.49. The Hall–Kier alpha value is -2.02.